The van der Waals surface area contributed by atoms with Crippen LogP contribution in [0.25, 0.3) is 0 Å². The number of nitrogens with two attached hydrogens (primary N) is 1. The van der Waals surface area contributed by atoms with Gasteiger partial charge in [0.1, 0.15) is 11.5 Å². The normalized spacial score (nSPS) is 11.6. The zero-order valence-corrected chi connectivity index (χ0v) is 14.7. The average molecular weight is 346 g/mol. The van der Waals surface area contributed by atoms with Gasteiger partial charge in [-0.05, 0) is 55.0 Å². The summed E-state index contributed by atoms with van der Waals surface area (Å²) < 4.78 is 5.82. The van der Waals surface area contributed by atoms with E-state index < -0.39 is 6.04 Å². The lowest BCUT2D eigenvalue weighted by molar-refractivity contribution is -0.119. The monoisotopic (exact) mass is 346 g/mol. The number of hydrogen-bond donors (Lipinski definition) is 1. The van der Waals surface area contributed by atoms with E-state index in [9.17, 15) is 4.79 Å². The summed E-state index contributed by atoms with van der Waals surface area (Å²) in [6, 6.07) is 26.0. The second-order valence-corrected chi connectivity index (χ2v) is 5.93. The van der Waals surface area contributed by atoms with Gasteiger partial charge in [0.2, 0.25) is 5.91 Å². The van der Waals surface area contributed by atoms with Crippen molar-refractivity contribution in [2.45, 2.75) is 19.4 Å². The third-order valence-corrected chi connectivity index (χ3v) is 4.07. The summed E-state index contributed by atoms with van der Waals surface area (Å²) in [4.78, 5) is 14.5. The second kappa shape index (κ2) is 8.32. The lowest BCUT2D eigenvalue weighted by Gasteiger charge is -2.25. The van der Waals surface area contributed by atoms with Crippen LogP contribution < -0.4 is 15.4 Å². The summed E-state index contributed by atoms with van der Waals surface area (Å²) >= 11 is 0. The zero-order chi connectivity index (χ0) is 18.4. The van der Waals surface area contributed by atoms with Gasteiger partial charge in [-0.1, -0.05) is 43.3 Å². The first-order valence-electron chi connectivity index (χ1n) is 8.66. The Kier molecular flexibility index (Phi) is 5.66. The van der Waals surface area contributed by atoms with Crippen molar-refractivity contribution >= 4 is 17.3 Å². The maximum atomic E-state index is 12.8. The second-order valence-electron chi connectivity index (χ2n) is 5.93. The van der Waals surface area contributed by atoms with Gasteiger partial charge in [-0.15, -0.1) is 0 Å². The molecule has 0 saturated carbocycles. The Morgan fingerprint density at radius 3 is 1.92 bits per heavy atom. The van der Waals surface area contributed by atoms with Gasteiger partial charge >= 0.3 is 0 Å². The average Bonchev–Trinajstić information content (AvgIpc) is 2.70. The number of nitrogens with zero attached hydrogens (tertiary/aromatic N) is 1. The van der Waals surface area contributed by atoms with Gasteiger partial charge in [0.15, 0.2) is 0 Å². The molecule has 0 aromatic heterocycles. The van der Waals surface area contributed by atoms with Crippen molar-refractivity contribution in [3.05, 3.63) is 84.9 Å². The summed E-state index contributed by atoms with van der Waals surface area (Å²) in [5.74, 6) is 1.35. The first-order valence-corrected chi connectivity index (χ1v) is 8.66. The molecule has 4 nitrogen and oxygen atoms in total. The minimum Gasteiger partial charge on any atom is -0.457 e. The Bertz CT molecular complexity index is 833. The van der Waals surface area contributed by atoms with Crippen LogP contribution in [0.2, 0.25) is 0 Å². The molecular formula is C22H22N2O2. The molecule has 0 spiro atoms. The highest BCUT2D eigenvalue weighted by molar-refractivity contribution is 6.03. The molecule has 26 heavy (non-hydrogen) atoms. The van der Waals surface area contributed by atoms with E-state index in [2.05, 4.69) is 0 Å². The highest BCUT2D eigenvalue weighted by Crippen LogP contribution is 2.29. The number of carbonyl (C=O) groups is 1. The first-order chi connectivity index (χ1) is 12.7. The molecule has 2 N–H and O–H groups in total. The Hall–Kier alpha value is -3.11. The number of amides is 1. The number of rotatable bonds is 6. The van der Waals surface area contributed by atoms with Gasteiger partial charge in [0.05, 0.1) is 6.04 Å². The number of carbonyl (C=O) groups excluding carboxylic acids is 1. The van der Waals surface area contributed by atoms with Crippen molar-refractivity contribution in [1.29, 1.82) is 0 Å². The predicted molar refractivity (Wildman–Crippen MR) is 105 cm³/mol. The fourth-order valence-electron chi connectivity index (χ4n) is 2.61. The van der Waals surface area contributed by atoms with Crippen LogP contribution in [0.15, 0.2) is 84.9 Å². The number of ether oxygens (including phenoxy) is 1. The Morgan fingerprint density at radius 1 is 0.846 bits per heavy atom. The van der Waals surface area contributed by atoms with Crippen LogP contribution in [0.5, 0.6) is 11.5 Å². The molecule has 3 aromatic carbocycles. The minimum atomic E-state index is -0.546. The zero-order valence-electron chi connectivity index (χ0n) is 14.7. The van der Waals surface area contributed by atoms with E-state index >= 15 is 0 Å². The van der Waals surface area contributed by atoms with Crippen LogP contribution in [0.4, 0.5) is 11.4 Å². The van der Waals surface area contributed by atoms with E-state index in [1.54, 1.807) is 4.90 Å². The van der Waals surface area contributed by atoms with Crippen LogP contribution in [-0.4, -0.2) is 11.9 Å². The van der Waals surface area contributed by atoms with Crippen molar-refractivity contribution < 1.29 is 9.53 Å². The molecule has 4 heteroatoms. The van der Waals surface area contributed by atoms with Gasteiger partial charge in [-0.2, -0.15) is 0 Å². The smallest absolute Gasteiger partial charge is 0.248 e. The summed E-state index contributed by atoms with van der Waals surface area (Å²) in [7, 11) is 0. The van der Waals surface area contributed by atoms with Gasteiger partial charge in [-0.3, -0.25) is 9.69 Å². The Labute approximate surface area is 153 Å². The summed E-state index contributed by atoms with van der Waals surface area (Å²) in [5.41, 5.74) is 7.55. The van der Waals surface area contributed by atoms with E-state index in [0.717, 1.165) is 17.1 Å². The maximum Gasteiger partial charge on any atom is 0.248 e. The van der Waals surface area contributed by atoms with Crippen LogP contribution in [0.3, 0.4) is 0 Å². The molecule has 0 aliphatic carbocycles. The largest absolute Gasteiger partial charge is 0.457 e. The quantitative estimate of drug-likeness (QED) is 0.692. The van der Waals surface area contributed by atoms with E-state index in [1.165, 1.54) is 0 Å². The number of anilines is 2. The Morgan fingerprint density at radius 2 is 1.35 bits per heavy atom. The highest BCUT2D eigenvalue weighted by atomic mass is 16.5. The standard InChI is InChI=1S/C22H22N2O2/c1-2-21(23)22(25)24(17-9-5-3-6-10-17)18-13-15-20(16-14-18)26-19-11-7-4-8-12-19/h3-16,21H,2,23H2,1H3. The van der Waals surface area contributed by atoms with Crippen LogP contribution in [0, 0.1) is 0 Å². The molecule has 0 bridgehead atoms. The SMILES string of the molecule is CCC(N)C(=O)N(c1ccccc1)c1ccc(Oc2ccccc2)cc1. The fraction of sp³-hybridized carbons (Fsp3) is 0.136. The van der Waals surface area contributed by atoms with Crippen LogP contribution in [0.1, 0.15) is 13.3 Å². The third-order valence-electron chi connectivity index (χ3n) is 4.07. The van der Waals surface area contributed by atoms with Gasteiger partial charge in [0.25, 0.3) is 0 Å². The van der Waals surface area contributed by atoms with E-state index in [0.29, 0.717) is 12.2 Å². The van der Waals surface area contributed by atoms with Crippen molar-refractivity contribution in [1.82, 2.24) is 0 Å². The fourth-order valence-corrected chi connectivity index (χ4v) is 2.61. The molecule has 0 aliphatic heterocycles. The van der Waals surface area contributed by atoms with E-state index in [4.69, 9.17) is 10.5 Å². The van der Waals surface area contributed by atoms with Gasteiger partial charge in [-0.25, -0.2) is 0 Å². The molecule has 1 unspecified atom stereocenters. The van der Waals surface area contributed by atoms with Crippen molar-refractivity contribution in [3.63, 3.8) is 0 Å². The lowest BCUT2D eigenvalue weighted by atomic mass is 10.1. The summed E-state index contributed by atoms with van der Waals surface area (Å²) in [6.45, 7) is 1.91. The van der Waals surface area contributed by atoms with Crippen molar-refractivity contribution in [2.75, 3.05) is 4.90 Å². The summed E-state index contributed by atoms with van der Waals surface area (Å²) in [6.07, 6.45) is 0.581. The lowest BCUT2D eigenvalue weighted by Crippen LogP contribution is -2.41. The molecule has 3 aromatic rings. The predicted octanol–water partition coefficient (Wildman–Crippen LogP) is 4.88. The van der Waals surface area contributed by atoms with Crippen LogP contribution >= 0.6 is 0 Å². The molecule has 0 saturated heterocycles. The van der Waals surface area contributed by atoms with E-state index in [1.807, 2.05) is 91.9 Å². The van der Waals surface area contributed by atoms with Crippen molar-refractivity contribution in [2.24, 2.45) is 5.73 Å². The Balaban J connectivity index is 1.88. The summed E-state index contributed by atoms with van der Waals surface area (Å²) in [5, 5.41) is 0. The van der Waals surface area contributed by atoms with E-state index in [-0.39, 0.29) is 5.91 Å². The number of benzene rings is 3. The molecule has 0 fully saturated rings. The molecule has 3 rings (SSSR count). The molecule has 1 atom stereocenters. The molecule has 1 amide bonds. The molecule has 0 heterocycles. The maximum absolute atomic E-state index is 12.8. The van der Waals surface area contributed by atoms with Crippen LogP contribution in [-0.2, 0) is 4.79 Å². The number of hydrogen-bond acceptors (Lipinski definition) is 3. The first kappa shape index (κ1) is 17.7. The highest BCUT2D eigenvalue weighted by Gasteiger charge is 2.22. The van der Waals surface area contributed by atoms with Gasteiger partial charge in [0, 0.05) is 11.4 Å². The third kappa shape index (κ3) is 4.10. The molecule has 132 valence electrons. The molecule has 0 aliphatic rings. The van der Waals surface area contributed by atoms with Gasteiger partial charge < -0.3 is 10.5 Å². The molecular weight excluding hydrogens is 324 g/mol. The molecule has 0 radical (unpaired) electrons. The topological polar surface area (TPSA) is 55.6 Å². The minimum absolute atomic E-state index is 0.129. The van der Waals surface area contributed by atoms with Crippen molar-refractivity contribution in [3.8, 4) is 11.5 Å². The number of para-hydroxylation sites is 2.